The largest absolute Gasteiger partial charge is 0.106 e. The van der Waals surface area contributed by atoms with Crippen molar-refractivity contribution in [3.63, 3.8) is 0 Å². The fraction of sp³-hybridized carbons (Fsp3) is 0.636. The second-order valence-corrected chi connectivity index (χ2v) is 2.90. The fourth-order valence-electron chi connectivity index (χ4n) is 0. The molecule has 0 rings (SSSR count). The quantitative estimate of drug-likeness (QED) is 0.497. The minimum atomic E-state index is 0.852. The molecule has 0 heterocycles. The normalized spacial score (nSPS) is 7.55. The van der Waals surface area contributed by atoms with Crippen LogP contribution < -0.4 is 0 Å². The minimum Gasteiger partial charge on any atom is -0.106 e. The van der Waals surface area contributed by atoms with Gasteiger partial charge in [-0.05, 0) is 18.8 Å². The van der Waals surface area contributed by atoms with E-state index in [1.165, 1.54) is 0 Å². The molecule has 0 aliphatic rings. The number of hydrogen-bond donors (Lipinski definition) is 0. The van der Waals surface area contributed by atoms with Crippen LogP contribution in [0.25, 0.3) is 0 Å². The molecule has 0 saturated carbocycles. The molecular weight excluding hydrogens is 132 g/mol. The van der Waals surface area contributed by atoms with Crippen LogP contribution in [0.2, 0.25) is 0 Å². The zero-order valence-corrected chi connectivity index (χ0v) is 8.85. The minimum absolute atomic E-state index is 0.852. The van der Waals surface area contributed by atoms with Crippen LogP contribution in [0.1, 0.15) is 34.6 Å². The first-order valence-corrected chi connectivity index (χ1v) is 4.13. The topological polar surface area (TPSA) is 0 Å². The van der Waals surface area contributed by atoms with E-state index in [-0.39, 0.29) is 0 Å². The lowest BCUT2D eigenvalue weighted by Crippen LogP contribution is -1.95. The number of hydrogen-bond acceptors (Lipinski definition) is 0. The van der Waals surface area contributed by atoms with Crippen LogP contribution in [0.15, 0.2) is 25.8 Å². The molecule has 0 aliphatic heterocycles. The zero-order valence-electron chi connectivity index (χ0n) is 8.85. The average molecular weight is 156 g/mol. The first-order valence-electron chi connectivity index (χ1n) is 4.13. The van der Waals surface area contributed by atoms with Gasteiger partial charge in [0.25, 0.3) is 0 Å². The SMILES string of the molecule is C=C.C=CC.CC(C)C(C)C. The van der Waals surface area contributed by atoms with Crippen LogP contribution >= 0.6 is 0 Å². The Hall–Kier alpha value is -0.520. The smallest absolute Gasteiger partial charge is 0.0448 e. The highest BCUT2D eigenvalue weighted by Gasteiger charge is 1.95. The summed E-state index contributed by atoms with van der Waals surface area (Å²) in [6, 6.07) is 0. The molecule has 0 radical (unpaired) electrons. The monoisotopic (exact) mass is 156 g/mol. The summed E-state index contributed by atoms with van der Waals surface area (Å²) >= 11 is 0. The van der Waals surface area contributed by atoms with Gasteiger partial charge in [0.15, 0.2) is 0 Å². The second-order valence-electron chi connectivity index (χ2n) is 2.90. The highest BCUT2D eigenvalue weighted by molar-refractivity contribution is 4.51. The third kappa shape index (κ3) is 43.8. The summed E-state index contributed by atoms with van der Waals surface area (Å²) in [5.41, 5.74) is 0. The van der Waals surface area contributed by atoms with Crippen molar-refractivity contribution in [2.24, 2.45) is 11.8 Å². The molecule has 68 valence electrons. The highest BCUT2D eigenvalue weighted by Crippen LogP contribution is 2.05. The van der Waals surface area contributed by atoms with Crippen molar-refractivity contribution in [2.45, 2.75) is 34.6 Å². The van der Waals surface area contributed by atoms with Crippen molar-refractivity contribution >= 4 is 0 Å². The molecule has 0 N–H and O–H groups in total. The van der Waals surface area contributed by atoms with E-state index in [9.17, 15) is 0 Å². The Balaban J connectivity index is -0.000000109. The lowest BCUT2D eigenvalue weighted by Gasteiger charge is -2.05. The van der Waals surface area contributed by atoms with Crippen molar-refractivity contribution in [1.29, 1.82) is 0 Å². The van der Waals surface area contributed by atoms with Gasteiger partial charge in [0.1, 0.15) is 0 Å². The Labute approximate surface area is 73.0 Å². The summed E-state index contributed by atoms with van der Waals surface area (Å²) in [6.07, 6.45) is 1.75. The average Bonchev–Trinajstić information content (AvgIpc) is 1.93. The van der Waals surface area contributed by atoms with Gasteiger partial charge in [0.05, 0.1) is 0 Å². The predicted molar refractivity (Wildman–Crippen MR) is 56.8 cm³/mol. The lowest BCUT2D eigenvalue weighted by atomic mass is 10.0. The maximum atomic E-state index is 3.36. The molecule has 0 aromatic rings. The summed E-state index contributed by atoms with van der Waals surface area (Å²) in [5.74, 6) is 1.70. The van der Waals surface area contributed by atoms with Crippen molar-refractivity contribution in [3.05, 3.63) is 25.8 Å². The van der Waals surface area contributed by atoms with Crippen LogP contribution in [0, 0.1) is 11.8 Å². The highest BCUT2D eigenvalue weighted by atomic mass is 14.0. The molecule has 0 bridgehead atoms. The van der Waals surface area contributed by atoms with Gasteiger partial charge in [-0.1, -0.05) is 33.8 Å². The van der Waals surface area contributed by atoms with E-state index < -0.39 is 0 Å². The van der Waals surface area contributed by atoms with E-state index >= 15 is 0 Å². The zero-order chi connectivity index (χ0) is 9.86. The van der Waals surface area contributed by atoms with Gasteiger partial charge in [-0.3, -0.25) is 0 Å². The van der Waals surface area contributed by atoms with Gasteiger partial charge in [-0.15, -0.1) is 19.7 Å². The second kappa shape index (κ2) is 16.2. The van der Waals surface area contributed by atoms with Crippen molar-refractivity contribution in [2.75, 3.05) is 0 Å². The maximum Gasteiger partial charge on any atom is -0.0448 e. The third-order valence-electron chi connectivity index (χ3n) is 1.33. The van der Waals surface area contributed by atoms with Crippen LogP contribution in [0.4, 0.5) is 0 Å². The summed E-state index contributed by atoms with van der Waals surface area (Å²) in [4.78, 5) is 0. The predicted octanol–water partition coefficient (Wildman–Crippen LogP) is 4.29. The Kier molecular flexibility index (Phi) is 24.8. The van der Waals surface area contributed by atoms with Gasteiger partial charge in [-0.25, -0.2) is 0 Å². The molecule has 0 atom stereocenters. The first-order chi connectivity index (χ1) is 5.06. The Bertz CT molecular complexity index is 54.4. The molecule has 0 aromatic carbocycles. The van der Waals surface area contributed by atoms with Gasteiger partial charge in [0.2, 0.25) is 0 Å². The van der Waals surface area contributed by atoms with E-state index in [1.807, 2.05) is 6.92 Å². The van der Waals surface area contributed by atoms with E-state index in [0.717, 1.165) is 11.8 Å². The van der Waals surface area contributed by atoms with Crippen LogP contribution in [0.5, 0.6) is 0 Å². The van der Waals surface area contributed by atoms with E-state index in [2.05, 4.69) is 47.4 Å². The van der Waals surface area contributed by atoms with Crippen LogP contribution in [0.3, 0.4) is 0 Å². The molecule has 0 unspecified atom stereocenters. The van der Waals surface area contributed by atoms with Crippen molar-refractivity contribution in [3.8, 4) is 0 Å². The summed E-state index contributed by atoms with van der Waals surface area (Å²) < 4.78 is 0. The molecule has 0 heteroatoms. The number of rotatable bonds is 1. The van der Waals surface area contributed by atoms with Gasteiger partial charge >= 0.3 is 0 Å². The van der Waals surface area contributed by atoms with Gasteiger partial charge in [0, 0.05) is 0 Å². The molecule has 0 aromatic heterocycles. The Morgan fingerprint density at radius 1 is 0.909 bits per heavy atom. The Morgan fingerprint density at radius 2 is 1.00 bits per heavy atom. The van der Waals surface area contributed by atoms with E-state index in [4.69, 9.17) is 0 Å². The van der Waals surface area contributed by atoms with E-state index in [1.54, 1.807) is 6.08 Å². The third-order valence-corrected chi connectivity index (χ3v) is 1.33. The first kappa shape index (κ1) is 16.8. The molecule has 0 nitrogen and oxygen atoms in total. The summed E-state index contributed by atoms with van der Waals surface area (Å²) in [7, 11) is 0. The molecule has 0 aliphatic carbocycles. The Morgan fingerprint density at radius 3 is 1.00 bits per heavy atom. The van der Waals surface area contributed by atoms with Crippen LogP contribution in [-0.4, -0.2) is 0 Å². The molecule has 0 amide bonds. The summed E-state index contributed by atoms with van der Waals surface area (Å²) in [5, 5.41) is 0. The van der Waals surface area contributed by atoms with Gasteiger partial charge in [-0.2, -0.15) is 0 Å². The molecule has 11 heavy (non-hydrogen) atoms. The van der Waals surface area contributed by atoms with Crippen LogP contribution in [-0.2, 0) is 0 Å². The molecular formula is C11H24. The lowest BCUT2D eigenvalue weighted by molar-refractivity contribution is 0.457. The maximum absolute atomic E-state index is 3.36. The summed E-state index contributed by atoms with van der Waals surface area (Å²) in [6.45, 7) is 20.2. The van der Waals surface area contributed by atoms with E-state index in [0.29, 0.717) is 0 Å². The molecule has 0 spiro atoms. The fourth-order valence-corrected chi connectivity index (χ4v) is 0. The van der Waals surface area contributed by atoms with Crippen molar-refractivity contribution in [1.82, 2.24) is 0 Å². The van der Waals surface area contributed by atoms with Gasteiger partial charge < -0.3 is 0 Å². The number of allylic oxidation sites excluding steroid dienone is 1. The molecule has 0 saturated heterocycles. The standard InChI is InChI=1S/C6H14.C3H6.C2H4/c1-5(2)6(3)4;1-3-2;1-2/h5-6H,1-4H3;3H,1H2,2H3;1-2H2. The van der Waals surface area contributed by atoms with Crippen molar-refractivity contribution < 1.29 is 0 Å². The molecule has 0 fully saturated rings.